The summed E-state index contributed by atoms with van der Waals surface area (Å²) in [4.78, 5) is 2.42. The van der Waals surface area contributed by atoms with Crippen LogP contribution in [0.25, 0.3) is 0 Å². The first-order valence-electron chi connectivity index (χ1n) is 6.18. The summed E-state index contributed by atoms with van der Waals surface area (Å²) in [6, 6.07) is 7.33. The Labute approximate surface area is 127 Å². The van der Waals surface area contributed by atoms with Crippen LogP contribution in [0.2, 0.25) is 0 Å². The van der Waals surface area contributed by atoms with Gasteiger partial charge in [0.2, 0.25) is 0 Å². The highest BCUT2D eigenvalue weighted by Gasteiger charge is 2.20. The van der Waals surface area contributed by atoms with Crippen molar-refractivity contribution in [2.24, 2.45) is 0 Å². The van der Waals surface area contributed by atoms with Crippen molar-refractivity contribution in [1.82, 2.24) is 5.32 Å². The van der Waals surface area contributed by atoms with Crippen LogP contribution in [0.3, 0.4) is 0 Å². The molecular formula is C13H17NO3S3. The van der Waals surface area contributed by atoms with Crippen molar-refractivity contribution in [2.75, 3.05) is 12.3 Å². The molecule has 0 aliphatic carbocycles. The van der Waals surface area contributed by atoms with Gasteiger partial charge >= 0.3 is 0 Å². The topological polar surface area (TPSA) is 66.4 Å². The number of thiophene rings is 2. The number of aliphatic hydroxyl groups is 1. The van der Waals surface area contributed by atoms with Crippen LogP contribution >= 0.6 is 22.7 Å². The third-order valence-corrected chi connectivity index (χ3v) is 6.97. The minimum atomic E-state index is -3.38. The predicted molar refractivity (Wildman–Crippen MR) is 83.1 cm³/mol. The number of hydrogen-bond acceptors (Lipinski definition) is 6. The highest BCUT2D eigenvalue weighted by Crippen LogP contribution is 2.18. The van der Waals surface area contributed by atoms with Crippen LogP contribution in [0.15, 0.2) is 33.9 Å². The number of rotatable bonds is 7. The van der Waals surface area contributed by atoms with E-state index in [0.29, 0.717) is 10.8 Å². The van der Waals surface area contributed by atoms with Gasteiger partial charge in [-0.2, -0.15) is 0 Å². The summed E-state index contributed by atoms with van der Waals surface area (Å²) in [6.07, 6.45) is -0.900. The molecule has 0 aromatic carbocycles. The molecule has 2 heterocycles. The largest absolute Gasteiger partial charge is 0.391 e. The van der Waals surface area contributed by atoms with Gasteiger partial charge in [-0.15, -0.1) is 22.7 Å². The highest BCUT2D eigenvalue weighted by molar-refractivity contribution is 7.93. The molecule has 4 nitrogen and oxygen atoms in total. The maximum absolute atomic E-state index is 12.0. The average Bonchev–Trinajstić information content (AvgIpc) is 3.00. The second kappa shape index (κ2) is 6.82. The van der Waals surface area contributed by atoms with Crippen molar-refractivity contribution in [3.8, 4) is 0 Å². The molecule has 1 unspecified atom stereocenters. The van der Waals surface area contributed by atoms with Crippen LogP contribution in [0, 0.1) is 6.92 Å². The summed E-state index contributed by atoms with van der Waals surface area (Å²) >= 11 is 2.87. The van der Waals surface area contributed by atoms with E-state index >= 15 is 0 Å². The smallest absolute Gasteiger partial charge is 0.190 e. The maximum atomic E-state index is 12.0. The Bertz CT molecular complexity index is 632. The fourth-order valence-electron chi connectivity index (χ4n) is 1.78. The Morgan fingerprint density at radius 1 is 1.35 bits per heavy atom. The van der Waals surface area contributed by atoms with E-state index in [1.54, 1.807) is 28.8 Å². The van der Waals surface area contributed by atoms with E-state index < -0.39 is 15.9 Å². The molecule has 2 rings (SSSR count). The van der Waals surface area contributed by atoms with Gasteiger partial charge in [-0.05, 0) is 30.5 Å². The molecule has 0 fully saturated rings. The van der Waals surface area contributed by atoms with E-state index in [0.717, 1.165) is 0 Å². The quantitative estimate of drug-likeness (QED) is 0.815. The van der Waals surface area contributed by atoms with E-state index in [-0.39, 0.29) is 12.3 Å². The van der Waals surface area contributed by atoms with E-state index in [1.807, 2.05) is 19.1 Å². The van der Waals surface area contributed by atoms with Crippen LogP contribution in [-0.2, 0) is 16.4 Å². The molecule has 7 heteroatoms. The highest BCUT2D eigenvalue weighted by atomic mass is 32.2. The van der Waals surface area contributed by atoms with Crippen molar-refractivity contribution < 1.29 is 13.5 Å². The Kier molecular flexibility index (Phi) is 5.34. The van der Waals surface area contributed by atoms with Gasteiger partial charge < -0.3 is 10.4 Å². The number of nitrogens with one attached hydrogen (secondary N) is 1. The first-order chi connectivity index (χ1) is 9.47. The Morgan fingerprint density at radius 2 is 2.15 bits per heavy atom. The van der Waals surface area contributed by atoms with Crippen LogP contribution in [0.4, 0.5) is 0 Å². The zero-order valence-electron chi connectivity index (χ0n) is 11.1. The fourth-order valence-corrected chi connectivity index (χ4v) is 5.12. The Balaban J connectivity index is 1.79. The molecule has 0 saturated carbocycles. The summed E-state index contributed by atoms with van der Waals surface area (Å²) in [7, 11) is -3.38. The van der Waals surface area contributed by atoms with E-state index in [4.69, 9.17) is 0 Å². The number of aryl methyl sites for hydroxylation is 1. The zero-order chi connectivity index (χ0) is 14.6. The monoisotopic (exact) mass is 331 g/mol. The molecule has 2 aromatic heterocycles. The van der Waals surface area contributed by atoms with Crippen molar-refractivity contribution >= 4 is 32.5 Å². The summed E-state index contributed by atoms with van der Waals surface area (Å²) < 4.78 is 24.2. The summed E-state index contributed by atoms with van der Waals surface area (Å²) in [5.74, 6) is -0.246. The average molecular weight is 331 g/mol. The van der Waals surface area contributed by atoms with Gasteiger partial charge in [0.15, 0.2) is 9.84 Å². The first-order valence-corrected chi connectivity index (χ1v) is 9.52. The summed E-state index contributed by atoms with van der Waals surface area (Å²) in [5.41, 5.74) is 0. The molecule has 0 aliphatic heterocycles. The van der Waals surface area contributed by atoms with Gasteiger partial charge in [0.1, 0.15) is 4.21 Å². The van der Waals surface area contributed by atoms with E-state index in [2.05, 4.69) is 5.32 Å². The van der Waals surface area contributed by atoms with E-state index in [9.17, 15) is 13.5 Å². The van der Waals surface area contributed by atoms with Crippen LogP contribution in [0.1, 0.15) is 9.75 Å². The standard InChI is InChI=1S/C13H17NO3S3/c1-10-4-5-12(19-10)8-14-7-11(15)9-20(16,17)13-3-2-6-18-13/h2-6,11,14-15H,7-9H2,1H3. The van der Waals surface area contributed by atoms with Crippen LogP contribution < -0.4 is 5.32 Å². The molecule has 2 N–H and O–H groups in total. The third-order valence-electron chi connectivity index (χ3n) is 2.69. The van der Waals surface area contributed by atoms with Gasteiger partial charge in [-0.25, -0.2) is 8.42 Å². The molecule has 0 radical (unpaired) electrons. The molecule has 0 amide bonds. The van der Waals surface area contributed by atoms with Crippen LogP contribution in [-0.4, -0.2) is 31.9 Å². The predicted octanol–water partition coefficient (Wildman–Crippen LogP) is 2.04. The SMILES string of the molecule is Cc1ccc(CNCC(O)CS(=O)(=O)c2cccs2)s1. The first kappa shape index (κ1) is 15.7. The Hall–Kier alpha value is -0.730. The molecule has 1 atom stereocenters. The molecule has 0 saturated heterocycles. The van der Waals surface area contributed by atoms with Crippen molar-refractivity contribution in [2.45, 2.75) is 23.8 Å². The van der Waals surface area contributed by atoms with Gasteiger partial charge in [0.05, 0.1) is 11.9 Å². The van der Waals surface area contributed by atoms with E-state index in [1.165, 1.54) is 21.1 Å². The molecule has 110 valence electrons. The summed E-state index contributed by atoms with van der Waals surface area (Å²) in [6.45, 7) is 2.95. The van der Waals surface area contributed by atoms with Gasteiger partial charge in [-0.3, -0.25) is 0 Å². The maximum Gasteiger partial charge on any atom is 0.190 e. The van der Waals surface area contributed by atoms with Gasteiger partial charge in [0.25, 0.3) is 0 Å². The summed E-state index contributed by atoms with van der Waals surface area (Å²) in [5, 5.41) is 14.6. The lowest BCUT2D eigenvalue weighted by Crippen LogP contribution is -2.32. The number of hydrogen-bond donors (Lipinski definition) is 2. The third kappa shape index (κ3) is 4.39. The molecule has 2 aromatic rings. The van der Waals surface area contributed by atoms with Gasteiger partial charge in [-0.1, -0.05) is 6.07 Å². The second-order valence-electron chi connectivity index (χ2n) is 4.51. The molecule has 20 heavy (non-hydrogen) atoms. The zero-order valence-corrected chi connectivity index (χ0v) is 13.5. The van der Waals surface area contributed by atoms with Crippen molar-refractivity contribution in [3.63, 3.8) is 0 Å². The molecule has 0 aliphatic rings. The van der Waals surface area contributed by atoms with Crippen LogP contribution in [0.5, 0.6) is 0 Å². The normalized spacial score (nSPS) is 13.5. The van der Waals surface area contributed by atoms with Gasteiger partial charge in [0, 0.05) is 22.8 Å². The fraction of sp³-hybridized carbons (Fsp3) is 0.385. The second-order valence-corrected chi connectivity index (χ2v) is 9.09. The lowest BCUT2D eigenvalue weighted by molar-refractivity contribution is 0.193. The Morgan fingerprint density at radius 3 is 2.75 bits per heavy atom. The minimum Gasteiger partial charge on any atom is -0.391 e. The molecule has 0 bridgehead atoms. The lowest BCUT2D eigenvalue weighted by Gasteiger charge is -2.11. The minimum absolute atomic E-state index is 0.246. The molecule has 0 spiro atoms. The van der Waals surface area contributed by atoms with Crippen molar-refractivity contribution in [1.29, 1.82) is 0 Å². The number of sulfone groups is 1. The number of aliphatic hydroxyl groups excluding tert-OH is 1. The van der Waals surface area contributed by atoms with Crippen molar-refractivity contribution in [3.05, 3.63) is 39.4 Å². The lowest BCUT2D eigenvalue weighted by atomic mass is 10.4. The molecular weight excluding hydrogens is 314 g/mol.